The van der Waals surface area contributed by atoms with E-state index in [1.54, 1.807) is 0 Å². The zero-order valence-corrected chi connectivity index (χ0v) is 12.5. The van der Waals surface area contributed by atoms with Gasteiger partial charge in [-0.05, 0) is 34.7 Å². The van der Waals surface area contributed by atoms with Crippen LogP contribution in [0.15, 0.2) is 48.5 Å². The zero-order chi connectivity index (χ0) is 13.9. The summed E-state index contributed by atoms with van der Waals surface area (Å²) in [7, 11) is 0. The molecule has 2 rings (SSSR count). The summed E-state index contributed by atoms with van der Waals surface area (Å²) in [5, 5.41) is 4.21. The van der Waals surface area contributed by atoms with E-state index in [4.69, 9.17) is 11.6 Å². The topological polar surface area (TPSA) is 12.0 Å². The maximum absolute atomic E-state index is 6.20. The molecular formula is C17H20ClN. The van der Waals surface area contributed by atoms with Crippen LogP contribution in [0.1, 0.15) is 31.9 Å². The van der Waals surface area contributed by atoms with Crippen LogP contribution >= 0.6 is 11.6 Å². The molecule has 19 heavy (non-hydrogen) atoms. The summed E-state index contributed by atoms with van der Waals surface area (Å²) in [6, 6.07) is 16.5. The van der Waals surface area contributed by atoms with E-state index in [1.807, 2.05) is 18.2 Å². The highest BCUT2D eigenvalue weighted by Gasteiger charge is 2.14. The van der Waals surface area contributed by atoms with E-state index in [0.29, 0.717) is 0 Å². The van der Waals surface area contributed by atoms with Gasteiger partial charge in [0.2, 0.25) is 0 Å². The van der Waals surface area contributed by atoms with Crippen molar-refractivity contribution in [3.63, 3.8) is 0 Å². The Kier molecular flexibility index (Phi) is 4.16. The molecule has 2 heteroatoms. The molecule has 0 aliphatic rings. The fraction of sp³-hybridized carbons (Fsp3) is 0.294. The second kappa shape index (κ2) is 5.66. The molecule has 2 aromatic rings. The van der Waals surface area contributed by atoms with Crippen LogP contribution in [0.5, 0.6) is 0 Å². The van der Waals surface area contributed by atoms with Gasteiger partial charge < -0.3 is 5.32 Å². The first-order chi connectivity index (χ1) is 8.95. The van der Waals surface area contributed by atoms with E-state index in [1.165, 1.54) is 11.1 Å². The first-order valence-electron chi connectivity index (χ1n) is 6.54. The number of hydrogen-bond acceptors (Lipinski definition) is 1. The lowest BCUT2D eigenvalue weighted by molar-refractivity contribution is 0.590. The summed E-state index contributed by atoms with van der Waals surface area (Å²) in [5.74, 6) is 0. The van der Waals surface area contributed by atoms with Crippen LogP contribution in [-0.2, 0) is 12.0 Å². The van der Waals surface area contributed by atoms with E-state index in [9.17, 15) is 0 Å². The summed E-state index contributed by atoms with van der Waals surface area (Å²) in [5.41, 5.74) is 3.69. The predicted octanol–water partition coefficient (Wildman–Crippen LogP) is 5.25. The molecule has 0 atom stereocenters. The Morgan fingerprint density at radius 2 is 1.68 bits per heavy atom. The maximum atomic E-state index is 6.20. The van der Waals surface area contributed by atoms with Crippen molar-refractivity contribution in [1.29, 1.82) is 0 Å². The fourth-order valence-electron chi connectivity index (χ4n) is 1.92. The van der Waals surface area contributed by atoms with Crippen LogP contribution in [0.25, 0.3) is 0 Å². The summed E-state index contributed by atoms with van der Waals surface area (Å²) in [4.78, 5) is 0. The average molecular weight is 274 g/mol. The molecule has 0 heterocycles. The highest BCUT2D eigenvalue weighted by Crippen LogP contribution is 2.28. The summed E-state index contributed by atoms with van der Waals surface area (Å²) in [6.45, 7) is 7.39. The summed E-state index contributed by atoms with van der Waals surface area (Å²) in [6.07, 6.45) is 0. The van der Waals surface area contributed by atoms with Crippen molar-refractivity contribution in [2.45, 2.75) is 32.7 Å². The van der Waals surface area contributed by atoms with Crippen LogP contribution in [0.4, 0.5) is 5.69 Å². The number of nitrogens with one attached hydrogen (secondary N) is 1. The quantitative estimate of drug-likeness (QED) is 0.805. The van der Waals surface area contributed by atoms with Crippen LogP contribution in [0.3, 0.4) is 0 Å². The van der Waals surface area contributed by atoms with Gasteiger partial charge in [-0.25, -0.2) is 0 Å². The minimum Gasteiger partial charge on any atom is -0.381 e. The molecule has 1 N–H and O–H groups in total. The largest absolute Gasteiger partial charge is 0.381 e. The van der Waals surface area contributed by atoms with E-state index < -0.39 is 0 Å². The van der Waals surface area contributed by atoms with Gasteiger partial charge >= 0.3 is 0 Å². The lowest BCUT2D eigenvalue weighted by Gasteiger charge is -2.20. The van der Waals surface area contributed by atoms with Crippen molar-refractivity contribution in [2.75, 3.05) is 5.32 Å². The van der Waals surface area contributed by atoms with E-state index in [2.05, 4.69) is 56.4 Å². The fourth-order valence-corrected chi connectivity index (χ4v) is 2.16. The monoisotopic (exact) mass is 273 g/mol. The Balaban J connectivity index is 2.15. The smallest absolute Gasteiger partial charge is 0.0429 e. The Hall–Kier alpha value is -1.47. The molecule has 0 spiro atoms. The number of rotatable bonds is 3. The summed E-state index contributed by atoms with van der Waals surface area (Å²) < 4.78 is 0. The van der Waals surface area contributed by atoms with Crippen LogP contribution in [0, 0.1) is 0 Å². The van der Waals surface area contributed by atoms with Gasteiger partial charge in [-0.2, -0.15) is 0 Å². The minimum atomic E-state index is 0.105. The maximum Gasteiger partial charge on any atom is 0.0429 e. The number of hydrogen-bond donors (Lipinski definition) is 1. The van der Waals surface area contributed by atoms with Gasteiger partial charge in [0.05, 0.1) is 0 Å². The second-order valence-electron chi connectivity index (χ2n) is 5.82. The van der Waals surface area contributed by atoms with Gasteiger partial charge in [-0.15, -0.1) is 0 Å². The van der Waals surface area contributed by atoms with Crippen molar-refractivity contribution in [3.8, 4) is 0 Å². The zero-order valence-electron chi connectivity index (χ0n) is 11.7. The second-order valence-corrected chi connectivity index (χ2v) is 6.25. The average Bonchev–Trinajstić information content (AvgIpc) is 2.36. The molecule has 0 aromatic heterocycles. The van der Waals surface area contributed by atoms with Crippen LogP contribution in [0.2, 0.25) is 5.02 Å². The Labute approximate surface area is 120 Å². The van der Waals surface area contributed by atoms with Crippen molar-refractivity contribution < 1.29 is 0 Å². The van der Waals surface area contributed by atoms with Gasteiger partial charge in [0.25, 0.3) is 0 Å². The van der Waals surface area contributed by atoms with Gasteiger partial charge in [0.15, 0.2) is 0 Å². The Morgan fingerprint density at radius 3 is 2.32 bits per heavy atom. The lowest BCUT2D eigenvalue weighted by atomic mass is 9.87. The number of anilines is 1. The predicted molar refractivity (Wildman–Crippen MR) is 83.9 cm³/mol. The molecule has 0 saturated heterocycles. The molecule has 0 aliphatic heterocycles. The van der Waals surface area contributed by atoms with Gasteiger partial charge in [0.1, 0.15) is 0 Å². The van der Waals surface area contributed by atoms with Gasteiger partial charge in [-0.1, -0.05) is 62.7 Å². The highest BCUT2D eigenvalue weighted by molar-refractivity contribution is 6.30. The molecule has 0 radical (unpaired) electrons. The molecule has 0 amide bonds. The van der Waals surface area contributed by atoms with Crippen molar-refractivity contribution in [1.82, 2.24) is 0 Å². The third-order valence-corrected chi connectivity index (χ3v) is 3.32. The molecule has 0 saturated carbocycles. The highest BCUT2D eigenvalue weighted by atomic mass is 35.5. The SMILES string of the molecule is CC(C)(C)c1cc(Cl)cc(NCc2ccccc2)c1. The molecule has 100 valence electrons. The standard InChI is InChI=1S/C17H20ClN/c1-17(2,3)14-9-15(18)11-16(10-14)19-12-13-7-5-4-6-8-13/h4-11,19H,12H2,1-3H3. The summed E-state index contributed by atoms with van der Waals surface area (Å²) >= 11 is 6.20. The minimum absolute atomic E-state index is 0.105. The Morgan fingerprint density at radius 1 is 1.00 bits per heavy atom. The van der Waals surface area contributed by atoms with E-state index in [-0.39, 0.29) is 5.41 Å². The normalized spacial score (nSPS) is 11.4. The third-order valence-electron chi connectivity index (χ3n) is 3.10. The molecule has 1 nitrogen and oxygen atoms in total. The number of benzene rings is 2. The van der Waals surface area contributed by atoms with E-state index >= 15 is 0 Å². The van der Waals surface area contributed by atoms with E-state index in [0.717, 1.165) is 17.3 Å². The molecular weight excluding hydrogens is 254 g/mol. The van der Waals surface area contributed by atoms with Crippen molar-refractivity contribution in [3.05, 3.63) is 64.7 Å². The first kappa shape index (κ1) is 14.0. The molecule has 0 bridgehead atoms. The first-order valence-corrected chi connectivity index (χ1v) is 6.92. The van der Waals surface area contributed by atoms with Gasteiger partial charge in [-0.3, -0.25) is 0 Å². The molecule has 0 unspecified atom stereocenters. The van der Waals surface area contributed by atoms with Crippen molar-refractivity contribution >= 4 is 17.3 Å². The van der Waals surface area contributed by atoms with Crippen molar-refractivity contribution in [2.24, 2.45) is 0 Å². The third kappa shape index (κ3) is 4.00. The lowest BCUT2D eigenvalue weighted by Crippen LogP contribution is -2.11. The molecule has 0 fully saturated rings. The Bertz CT molecular complexity index is 541. The van der Waals surface area contributed by atoms with Gasteiger partial charge in [0, 0.05) is 17.3 Å². The molecule has 0 aliphatic carbocycles. The molecule has 2 aromatic carbocycles. The number of halogens is 1. The van der Waals surface area contributed by atoms with Crippen LogP contribution < -0.4 is 5.32 Å². The van der Waals surface area contributed by atoms with Crippen LogP contribution in [-0.4, -0.2) is 0 Å².